The van der Waals surface area contributed by atoms with Crippen LogP contribution in [0.4, 0.5) is 0 Å². The lowest BCUT2D eigenvalue weighted by atomic mass is 11.3. The molecule has 0 aromatic carbocycles. The van der Waals surface area contributed by atoms with Gasteiger partial charge >= 0.3 is 8.56 Å². The fourth-order valence-electron chi connectivity index (χ4n) is 0.351. The molecule has 0 aromatic heterocycles. The SMILES string of the molecule is C=C[Si](C)(O)O[SiH2]C. The zero-order chi connectivity index (χ0) is 6.62. The molecule has 0 radical (unpaired) electrons. The maximum atomic E-state index is 9.16. The van der Waals surface area contributed by atoms with E-state index in [2.05, 4.69) is 6.58 Å². The Bertz CT molecular complexity index is 82.1. The molecule has 0 amide bonds. The molecule has 2 nitrogen and oxygen atoms in total. The molecule has 8 heavy (non-hydrogen) atoms. The minimum atomic E-state index is -2.35. The highest BCUT2D eigenvalue weighted by atomic mass is 28.4. The van der Waals surface area contributed by atoms with E-state index in [4.69, 9.17) is 8.91 Å². The summed E-state index contributed by atoms with van der Waals surface area (Å²) in [5.74, 6) is 0. The lowest BCUT2D eigenvalue weighted by Gasteiger charge is -2.13. The third-order valence-corrected chi connectivity index (χ3v) is 5.07. The van der Waals surface area contributed by atoms with Crippen LogP contribution in [-0.4, -0.2) is 23.1 Å². The van der Waals surface area contributed by atoms with E-state index in [1.54, 1.807) is 6.55 Å². The molecule has 0 aliphatic heterocycles. The lowest BCUT2D eigenvalue weighted by molar-refractivity contribution is 0.414. The molecule has 0 spiro atoms. The van der Waals surface area contributed by atoms with Crippen molar-refractivity contribution in [1.82, 2.24) is 0 Å². The van der Waals surface area contributed by atoms with Crippen molar-refractivity contribution in [3.63, 3.8) is 0 Å². The summed E-state index contributed by atoms with van der Waals surface area (Å²) in [6, 6.07) is 0. The van der Waals surface area contributed by atoms with Crippen molar-refractivity contribution in [2.45, 2.75) is 13.1 Å². The molecule has 48 valence electrons. The first-order valence-electron chi connectivity index (χ1n) is 2.62. The Labute approximate surface area is 53.4 Å². The van der Waals surface area contributed by atoms with E-state index in [0.717, 1.165) is 0 Å². The fraction of sp³-hybridized carbons (Fsp3) is 0.500. The van der Waals surface area contributed by atoms with Crippen LogP contribution in [0, 0.1) is 0 Å². The van der Waals surface area contributed by atoms with E-state index in [1.807, 2.05) is 6.55 Å². The predicted molar refractivity (Wildman–Crippen MR) is 39.5 cm³/mol. The smallest absolute Gasteiger partial charge is 0.347 e. The molecular formula is C4H12O2Si2. The summed E-state index contributed by atoms with van der Waals surface area (Å²) in [4.78, 5) is 9.16. The van der Waals surface area contributed by atoms with Crippen LogP contribution in [0.15, 0.2) is 12.3 Å². The minimum Gasteiger partial charge on any atom is -0.439 e. The second-order valence-corrected chi connectivity index (χ2v) is 5.94. The van der Waals surface area contributed by atoms with Gasteiger partial charge in [0.25, 0.3) is 0 Å². The first-order chi connectivity index (χ1) is 3.62. The fourth-order valence-corrected chi connectivity index (χ4v) is 3.16. The Morgan fingerprint density at radius 1 is 1.88 bits per heavy atom. The second-order valence-electron chi connectivity index (χ2n) is 1.69. The summed E-state index contributed by atoms with van der Waals surface area (Å²) in [7, 11) is -2.81. The minimum absolute atomic E-state index is 0.461. The highest BCUT2D eigenvalue weighted by Crippen LogP contribution is 1.97. The van der Waals surface area contributed by atoms with E-state index in [-0.39, 0.29) is 0 Å². The van der Waals surface area contributed by atoms with Crippen molar-refractivity contribution >= 4 is 18.3 Å². The zero-order valence-electron chi connectivity index (χ0n) is 5.35. The van der Waals surface area contributed by atoms with E-state index >= 15 is 0 Å². The van der Waals surface area contributed by atoms with E-state index in [9.17, 15) is 0 Å². The van der Waals surface area contributed by atoms with Crippen LogP contribution in [0.2, 0.25) is 13.1 Å². The molecule has 0 bridgehead atoms. The first kappa shape index (κ1) is 8.09. The van der Waals surface area contributed by atoms with E-state index in [1.165, 1.54) is 5.70 Å². The van der Waals surface area contributed by atoms with Gasteiger partial charge in [-0.2, -0.15) is 0 Å². The van der Waals surface area contributed by atoms with Gasteiger partial charge in [-0.25, -0.2) is 0 Å². The quantitative estimate of drug-likeness (QED) is 0.568. The van der Waals surface area contributed by atoms with Crippen molar-refractivity contribution in [3.8, 4) is 0 Å². The maximum Gasteiger partial charge on any atom is 0.347 e. The Kier molecular flexibility index (Phi) is 3.22. The maximum absolute atomic E-state index is 9.16. The van der Waals surface area contributed by atoms with Crippen molar-refractivity contribution in [2.24, 2.45) is 0 Å². The Morgan fingerprint density at radius 3 is 2.50 bits per heavy atom. The summed E-state index contributed by atoms with van der Waals surface area (Å²) in [5, 5.41) is 0. The Morgan fingerprint density at radius 2 is 2.38 bits per heavy atom. The number of rotatable bonds is 3. The first-order valence-corrected chi connectivity index (χ1v) is 7.04. The van der Waals surface area contributed by atoms with Crippen LogP contribution >= 0.6 is 0 Å². The van der Waals surface area contributed by atoms with Crippen LogP contribution in [-0.2, 0) is 4.12 Å². The van der Waals surface area contributed by atoms with E-state index in [0.29, 0.717) is 0 Å². The van der Waals surface area contributed by atoms with Crippen LogP contribution in [0.3, 0.4) is 0 Å². The second kappa shape index (κ2) is 3.19. The van der Waals surface area contributed by atoms with Gasteiger partial charge in [0.05, 0.1) is 0 Å². The molecule has 0 saturated carbocycles. The molecule has 0 aromatic rings. The van der Waals surface area contributed by atoms with E-state index < -0.39 is 18.3 Å². The van der Waals surface area contributed by atoms with Crippen LogP contribution in [0.5, 0.6) is 0 Å². The molecule has 0 aliphatic rings. The molecule has 4 heteroatoms. The Balaban J connectivity index is 3.53. The van der Waals surface area contributed by atoms with Gasteiger partial charge in [0.2, 0.25) is 0 Å². The molecular weight excluding hydrogens is 136 g/mol. The average Bonchev–Trinajstić information content (AvgIpc) is 1.67. The van der Waals surface area contributed by atoms with Gasteiger partial charge in [-0.3, -0.25) is 0 Å². The largest absolute Gasteiger partial charge is 0.439 e. The molecule has 1 atom stereocenters. The van der Waals surface area contributed by atoms with Crippen molar-refractivity contribution in [1.29, 1.82) is 0 Å². The summed E-state index contributed by atoms with van der Waals surface area (Å²) < 4.78 is 5.09. The third kappa shape index (κ3) is 3.14. The molecule has 0 fully saturated rings. The summed E-state index contributed by atoms with van der Waals surface area (Å²) in [6.07, 6.45) is 0. The Hall–Kier alpha value is 0.0938. The summed E-state index contributed by atoms with van der Waals surface area (Å²) in [5.41, 5.74) is 1.53. The number of hydrogen-bond acceptors (Lipinski definition) is 2. The van der Waals surface area contributed by atoms with Gasteiger partial charge in [-0.15, -0.1) is 6.58 Å². The standard InChI is InChI=1S/C4H12O2Si2/c1-4-8(3,5)6-7-2/h4-5H,1,7H2,2-3H3. The zero-order valence-corrected chi connectivity index (χ0v) is 7.76. The molecule has 0 heterocycles. The van der Waals surface area contributed by atoms with Gasteiger partial charge in [0.15, 0.2) is 0 Å². The normalized spacial score (nSPS) is 18.9. The average molecular weight is 148 g/mol. The van der Waals surface area contributed by atoms with Crippen LogP contribution in [0.25, 0.3) is 0 Å². The van der Waals surface area contributed by atoms with Crippen molar-refractivity contribution in [3.05, 3.63) is 12.3 Å². The van der Waals surface area contributed by atoms with Gasteiger partial charge in [-0.1, -0.05) is 12.2 Å². The molecule has 0 saturated heterocycles. The van der Waals surface area contributed by atoms with Crippen LogP contribution in [0.1, 0.15) is 0 Å². The number of hydrogen-bond donors (Lipinski definition) is 1. The monoisotopic (exact) mass is 148 g/mol. The van der Waals surface area contributed by atoms with Gasteiger partial charge < -0.3 is 8.91 Å². The van der Waals surface area contributed by atoms with Crippen molar-refractivity contribution in [2.75, 3.05) is 0 Å². The summed E-state index contributed by atoms with van der Waals surface area (Å²) >= 11 is 0. The van der Waals surface area contributed by atoms with Gasteiger partial charge in [-0.05, 0) is 6.55 Å². The highest BCUT2D eigenvalue weighted by molar-refractivity contribution is 6.73. The van der Waals surface area contributed by atoms with Crippen molar-refractivity contribution < 1.29 is 8.91 Å². The molecule has 1 N–H and O–H groups in total. The third-order valence-electron chi connectivity index (χ3n) is 0.815. The highest BCUT2D eigenvalue weighted by Gasteiger charge is 2.19. The van der Waals surface area contributed by atoms with Gasteiger partial charge in [0, 0.05) is 0 Å². The molecule has 0 aliphatic carbocycles. The molecule has 1 unspecified atom stereocenters. The topological polar surface area (TPSA) is 29.5 Å². The van der Waals surface area contributed by atoms with Crippen LogP contribution < -0.4 is 0 Å². The lowest BCUT2D eigenvalue weighted by Crippen LogP contribution is -2.32. The molecule has 0 rings (SSSR count). The summed E-state index contributed by atoms with van der Waals surface area (Å²) in [6.45, 7) is 7.17. The van der Waals surface area contributed by atoms with Gasteiger partial charge in [0.1, 0.15) is 9.76 Å². The predicted octanol–water partition coefficient (Wildman–Crippen LogP) is -0.0756.